The van der Waals surface area contributed by atoms with Gasteiger partial charge in [-0.25, -0.2) is 8.42 Å². The molecule has 1 N–H and O–H groups in total. The Morgan fingerprint density at radius 1 is 1.09 bits per heavy atom. The summed E-state index contributed by atoms with van der Waals surface area (Å²) in [5.74, 6) is -0.236. The highest BCUT2D eigenvalue weighted by Crippen LogP contribution is 2.25. The Balaban J connectivity index is 2.18. The van der Waals surface area contributed by atoms with E-state index in [4.69, 9.17) is 0 Å². The van der Waals surface area contributed by atoms with Gasteiger partial charge in [0.15, 0.2) is 0 Å². The number of sulfonamides is 1. The molecule has 0 heterocycles. The van der Waals surface area contributed by atoms with Gasteiger partial charge in [-0.3, -0.25) is 9.10 Å². The number of anilines is 2. The van der Waals surface area contributed by atoms with Crippen LogP contribution < -0.4 is 9.62 Å². The maximum atomic E-state index is 12.3. The van der Waals surface area contributed by atoms with Crippen molar-refractivity contribution in [1.29, 1.82) is 0 Å². The van der Waals surface area contributed by atoms with E-state index >= 15 is 0 Å². The van der Waals surface area contributed by atoms with Crippen LogP contribution in [0.5, 0.6) is 0 Å². The van der Waals surface area contributed by atoms with Crippen molar-refractivity contribution in [3.63, 3.8) is 0 Å². The van der Waals surface area contributed by atoms with Crippen LogP contribution in [0.3, 0.4) is 0 Å². The number of hydrogen-bond donors (Lipinski definition) is 1. The number of carbonyl (C=O) groups is 1. The number of nitrogens with zero attached hydrogens (tertiary/aromatic N) is 1. The van der Waals surface area contributed by atoms with Gasteiger partial charge in [-0.1, -0.05) is 12.1 Å². The molecule has 0 aliphatic rings. The minimum atomic E-state index is -3.32. The second-order valence-electron chi connectivity index (χ2n) is 4.93. The zero-order chi connectivity index (χ0) is 17.0. The summed E-state index contributed by atoms with van der Waals surface area (Å²) in [5, 5.41) is 2.87. The summed E-state index contributed by atoms with van der Waals surface area (Å²) >= 11 is 1.55. The molecule has 2 aromatic rings. The van der Waals surface area contributed by atoms with E-state index in [0.29, 0.717) is 11.3 Å². The zero-order valence-corrected chi connectivity index (χ0v) is 14.7. The molecule has 0 atom stereocenters. The quantitative estimate of drug-likeness (QED) is 0.842. The van der Waals surface area contributed by atoms with E-state index in [1.807, 2.05) is 30.5 Å². The summed E-state index contributed by atoms with van der Waals surface area (Å²) in [6.45, 7) is 0. The largest absolute Gasteiger partial charge is 0.321 e. The molecule has 7 heteroatoms. The SMILES string of the molecule is CSc1ccccc1NC(=O)c1ccc(N(C)S(C)(=O)=O)cc1. The average molecular weight is 350 g/mol. The first-order valence-corrected chi connectivity index (χ1v) is 9.88. The van der Waals surface area contributed by atoms with E-state index in [-0.39, 0.29) is 5.91 Å². The van der Waals surface area contributed by atoms with Crippen LogP contribution in [0.25, 0.3) is 0 Å². The fourth-order valence-electron chi connectivity index (χ4n) is 1.96. The number of rotatable bonds is 5. The van der Waals surface area contributed by atoms with Crippen LogP contribution in [0, 0.1) is 0 Å². The number of carbonyl (C=O) groups excluding carboxylic acids is 1. The molecule has 0 fully saturated rings. The third-order valence-corrected chi connectivity index (χ3v) is 5.35. The van der Waals surface area contributed by atoms with Gasteiger partial charge in [-0.05, 0) is 42.7 Å². The molecule has 0 spiro atoms. The first kappa shape index (κ1) is 17.4. The van der Waals surface area contributed by atoms with E-state index in [0.717, 1.165) is 21.1 Å². The van der Waals surface area contributed by atoms with E-state index in [2.05, 4.69) is 5.32 Å². The van der Waals surface area contributed by atoms with Crippen molar-refractivity contribution in [1.82, 2.24) is 0 Å². The molecule has 0 bridgehead atoms. The third-order valence-electron chi connectivity index (χ3n) is 3.35. The van der Waals surface area contributed by atoms with Gasteiger partial charge in [0.2, 0.25) is 10.0 Å². The van der Waals surface area contributed by atoms with Crippen LogP contribution in [0.15, 0.2) is 53.4 Å². The minimum Gasteiger partial charge on any atom is -0.321 e. The smallest absolute Gasteiger partial charge is 0.255 e. The lowest BCUT2D eigenvalue weighted by Gasteiger charge is -2.16. The molecule has 5 nitrogen and oxygen atoms in total. The first-order chi connectivity index (χ1) is 10.8. The van der Waals surface area contributed by atoms with E-state index in [1.165, 1.54) is 7.05 Å². The van der Waals surface area contributed by atoms with Crippen molar-refractivity contribution in [3.8, 4) is 0 Å². The van der Waals surface area contributed by atoms with Crippen molar-refractivity contribution in [2.75, 3.05) is 29.2 Å². The van der Waals surface area contributed by atoms with Crippen LogP contribution in [0.4, 0.5) is 11.4 Å². The predicted molar refractivity (Wildman–Crippen MR) is 95.9 cm³/mol. The zero-order valence-electron chi connectivity index (χ0n) is 13.1. The van der Waals surface area contributed by atoms with Gasteiger partial charge in [0.25, 0.3) is 5.91 Å². The second-order valence-corrected chi connectivity index (χ2v) is 7.79. The van der Waals surface area contributed by atoms with E-state index in [9.17, 15) is 13.2 Å². The Labute approximate surface area is 140 Å². The van der Waals surface area contributed by atoms with Gasteiger partial charge in [0, 0.05) is 17.5 Å². The van der Waals surface area contributed by atoms with Crippen molar-refractivity contribution >= 4 is 39.1 Å². The second kappa shape index (κ2) is 7.06. The Kier molecular flexibility index (Phi) is 5.33. The maximum Gasteiger partial charge on any atom is 0.255 e. The van der Waals surface area contributed by atoms with Crippen LogP contribution in [-0.4, -0.2) is 33.9 Å². The topological polar surface area (TPSA) is 66.5 Å². The molecule has 1 amide bonds. The summed E-state index contributed by atoms with van der Waals surface area (Å²) in [5.41, 5.74) is 1.72. The number of thioether (sulfide) groups is 1. The summed E-state index contributed by atoms with van der Waals surface area (Å²) in [6, 6.07) is 14.0. The lowest BCUT2D eigenvalue weighted by atomic mass is 10.2. The van der Waals surface area contributed by atoms with Crippen molar-refractivity contribution < 1.29 is 13.2 Å². The normalized spacial score (nSPS) is 11.1. The highest BCUT2D eigenvalue weighted by Gasteiger charge is 2.13. The summed E-state index contributed by atoms with van der Waals surface area (Å²) in [4.78, 5) is 13.3. The molecule has 0 aliphatic carbocycles. The summed E-state index contributed by atoms with van der Waals surface area (Å²) in [7, 11) is -1.85. The van der Waals surface area contributed by atoms with Crippen LogP contribution in [0.2, 0.25) is 0 Å². The number of amides is 1. The number of hydrogen-bond acceptors (Lipinski definition) is 4. The Bertz CT molecular complexity index is 802. The molecular weight excluding hydrogens is 332 g/mol. The van der Waals surface area contributed by atoms with Crippen LogP contribution >= 0.6 is 11.8 Å². The number of benzene rings is 2. The Morgan fingerprint density at radius 2 is 1.70 bits per heavy atom. The van der Waals surface area contributed by atoms with Crippen molar-refractivity contribution in [2.45, 2.75) is 4.90 Å². The third kappa shape index (κ3) is 4.27. The number of nitrogens with one attached hydrogen (secondary N) is 1. The maximum absolute atomic E-state index is 12.3. The van der Waals surface area contributed by atoms with Crippen LogP contribution in [0.1, 0.15) is 10.4 Å². The molecule has 23 heavy (non-hydrogen) atoms. The molecule has 0 saturated carbocycles. The molecule has 0 saturated heterocycles. The molecule has 0 radical (unpaired) electrons. The van der Waals surface area contributed by atoms with Crippen molar-refractivity contribution in [2.24, 2.45) is 0 Å². The molecule has 122 valence electrons. The van der Waals surface area contributed by atoms with Gasteiger partial charge in [-0.15, -0.1) is 11.8 Å². The molecule has 0 aliphatic heterocycles. The highest BCUT2D eigenvalue weighted by atomic mass is 32.2. The predicted octanol–water partition coefficient (Wildman–Crippen LogP) is 3.06. The van der Waals surface area contributed by atoms with Crippen molar-refractivity contribution in [3.05, 3.63) is 54.1 Å². The molecule has 2 rings (SSSR count). The average Bonchev–Trinajstić information content (AvgIpc) is 2.54. The number of para-hydroxylation sites is 1. The van der Waals surface area contributed by atoms with Crippen LogP contribution in [-0.2, 0) is 10.0 Å². The summed E-state index contributed by atoms with van der Waals surface area (Å²) < 4.78 is 24.2. The fraction of sp³-hybridized carbons (Fsp3) is 0.188. The van der Waals surface area contributed by atoms with E-state index in [1.54, 1.807) is 36.0 Å². The lowest BCUT2D eigenvalue weighted by molar-refractivity contribution is 0.102. The molecular formula is C16H18N2O3S2. The monoisotopic (exact) mass is 350 g/mol. The highest BCUT2D eigenvalue weighted by molar-refractivity contribution is 7.98. The Hall–Kier alpha value is -1.99. The minimum absolute atomic E-state index is 0.236. The Morgan fingerprint density at radius 3 is 2.26 bits per heavy atom. The van der Waals surface area contributed by atoms with E-state index < -0.39 is 10.0 Å². The standard InChI is InChI=1S/C16H18N2O3S2/c1-18(23(3,20)21)13-10-8-12(9-11-13)16(19)17-14-6-4-5-7-15(14)22-2/h4-11H,1-3H3,(H,17,19). The van der Waals surface area contributed by atoms with Gasteiger partial charge in [0.05, 0.1) is 17.6 Å². The van der Waals surface area contributed by atoms with Gasteiger partial charge in [0.1, 0.15) is 0 Å². The summed E-state index contributed by atoms with van der Waals surface area (Å²) in [6.07, 6.45) is 3.08. The van der Waals surface area contributed by atoms with Gasteiger partial charge < -0.3 is 5.32 Å². The fourth-order valence-corrected chi connectivity index (χ4v) is 3.01. The molecule has 2 aromatic carbocycles. The first-order valence-electron chi connectivity index (χ1n) is 6.81. The van der Waals surface area contributed by atoms with Gasteiger partial charge >= 0.3 is 0 Å². The molecule has 0 unspecified atom stereocenters. The lowest BCUT2D eigenvalue weighted by Crippen LogP contribution is -2.24. The molecule has 0 aromatic heterocycles. The van der Waals surface area contributed by atoms with Gasteiger partial charge in [-0.2, -0.15) is 0 Å².